The van der Waals surface area contributed by atoms with Crippen molar-refractivity contribution >= 4 is 27.5 Å². The summed E-state index contributed by atoms with van der Waals surface area (Å²) in [6.07, 6.45) is -3.71. The number of carbonyl (C=O) groups excluding carboxylic acids is 1. The topological polar surface area (TPSA) is 38.3 Å². The van der Waals surface area contributed by atoms with Gasteiger partial charge in [-0.2, -0.15) is 13.2 Å². The molecule has 2 rings (SSSR count). The van der Waals surface area contributed by atoms with Gasteiger partial charge in [0.15, 0.2) is 0 Å². The molecule has 0 radical (unpaired) electrons. The van der Waals surface area contributed by atoms with E-state index in [-0.39, 0.29) is 18.3 Å². The molecule has 0 heterocycles. The molecule has 3 nitrogen and oxygen atoms in total. The Labute approximate surface area is 158 Å². The molecular weight excluding hydrogens is 411 g/mol. The van der Waals surface area contributed by atoms with E-state index >= 15 is 0 Å². The molecule has 0 unspecified atom stereocenters. The number of anilines is 1. The van der Waals surface area contributed by atoms with Gasteiger partial charge in [0.1, 0.15) is 12.4 Å². The van der Waals surface area contributed by atoms with Crippen LogP contribution in [0.2, 0.25) is 0 Å². The number of ether oxygens (including phenoxy) is 1. The molecule has 0 bridgehead atoms. The Balaban J connectivity index is 2.31. The van der Waals surface area contributed by atoms with Crippen LogP contribution in [-0.4, -0.2) is 5.91 Å². The molecule has 2 aromatic rings. The van der Waals surface area contributed by atoms with Crippen LogP contribution in [-0.2, 0) is 24.0 Å². The van der Waals surface area contributed by atoms with E-state index in [1.165, 1.54) is 6.07 Å². The maximum absolute atomic E-state index is 13.3. The Hall–Kier alpha value is -2.02. The van der Waals surface area contributed by atoms with Gasteiger partial charge in [0.05, 0.1) is 5.56 Å². The Morgan fingerprint density at radius 3 is 2.54 bits per heavy atom. The lowest BCUT2D eigenvalue weighted by atomic mass is 10.1. The first-order valence-electron chi connectivity index (χ1n) is 8.16. The second-order valence-corrected chi connectivity index (χ2v) is 6.49. The number of hydrogen-bond donors (Lipinski definition) is 1. The van der Waals surface area contributed by atoms with Gasteiger partial charge in [-0.3, -0.25) is 4.79 Å². The summed E-state index contributed by atoms with van der Waals surface area (Å²) in [6.45, 7) is 3.39. The lowest BCUT2D eigenvalue weighted by molar-refractivity contribution is -0.139. The predicted octanol–water partition coefficient (Wildman–Crippen LogP) is 5.96. The number of benzene rings is 2. The Morgan fingerprint density at radius 1 is 1.19 bits per heavy atom. The molecule has 0 fully saturated rings. The molecule has 7 heteroatoms. The van der Waals surface area contributed by atoms with Gasteiger partial charge in [0, 0.05) is 22.1 Å². The molecular formula is C19H19BrF3NO2. The van der Waals surface area contributed by atoms with Gasteiger partial charge in [-0.05, 0) is 36.2 Å². The summed E-state index contributed by atoms with van der Waals surface area (Å²) in [5.74, 6) is -0.425. The van der Waals surface area contributed by atoms with Crippen LogP contribution in [0.1, 0.15) is 37.0 Å². The van der Waals surface area contributed by atoms with Crippen LogP contribution in [0.25, 0.3) is 0 Å². The standard InChI is InChI=1S/C19H19BrF3NO2/c1-3-12-8-9-17(14(10-12)19(21,22)23)26-11-13-15(20)6-5-7-16(13)24-18(25)4-2/h5-10H,3-4,11H2,1-2H3,(H,24,25). The van der Waals surface area contributed by atoms with Crippen molar-refractivity contribution in [2.24, 2.45) is 0 Å². The van der Waals surface area contributed by atoms with Crippen molar-refractivity contribution in [1.29, 1.82) is 0 Å². The molecule has 2 aromatic carbocycles. The minimum atomic E-state index is -4.51. The van der Waals surface area contributed by atoms with E-state index in [1.54, 1.807) is 38.1 Å². The number of alkyl halides is 3. The largest absolute Gasteiger partial charge is 0.488 e. The summed E-state index contributed by atoms with van der Waals surface area (Å²) >= 11 is 3.36. The van der Waals surface area contributed by atoms with E-state index in [4.69, 9.17) is 4.74 Å². The van der Waals surface area contributed by atoms with E-state index in [1.807, 2.05) is 0 Å². The van der Waals surface area contributed by atoms with Crippen molar-refractivity contribution < 1.29 is 22.7 Å². The van der Waals surface area contributed by atoms with Gasteiger partial charge in [-0.1, -0.05) is 41.9 Å². The number of halogens is 4. The molecule has 0 atom stereocenters. The van der Waals surface area contributed by atoms with Crippen LogP contribution in [0, 0.1) is 0 Å². The van der Waals surface area contributed by atoms with E-state index < -0.39 is 11.7 Å². The zero-order chi connectivity index (χ0) is 19.3. The summed E-state index contributed by atoms with van der Waals surface area (Å²) < 4.78 is 46.1. The molecule has 0 aliphatic carbocycles. The molecule has 1 amide bonds. The Bertz CT molecular complexity index is 791. The fourth-order valence-corrected chi connectivity index (χ4v) is 2.84. The van der Waals surface area contributed by atoms with Gasteiger partial charge >= 0.3 is 6.18 Å². The molecule has 0 aliphatic rings. The fourth-order valence-electron chi connectivity index (χ4n) is 2.36. The molecule has 26 heavy (non-hydrogen) atoms. The zero-order valence-corrected chi connectivity index (χ0v) is 16.0. The number of amides is 1. The maximum Gasteiger partial charge on any atom is 0.419 e. The predicted molar refractivity (Wildman–Crippen MR) is 98.2 cm³/mol. The molecule has 0 saturated heterocycles. The van der Waals surface area contributed by atoms with E-state index in [0.717, 1.165) is 6.07 Å². The van der Waals surface area contributed by atoms with Crippen LogP contribution >= 0.6 is 15.9 Å². The summed E-state index contributed by atoms with van der Waals surface area (Å²) in [5.41, 5.74) is 0.858. The average Bonchev–Trinajstić information content (AvgIpc) is 2.60. The van der Waals surface area contributed by atoms with Crippen molar-refractivity contribution in [3.05, 3.63) is 57.6 Å². The minimum Gasteiger partial charge on any atom is -0.488 e. The molecule has 1 N–H and O–H groups in total. The van der Waals surface area contributed by atoms with Gasteiger partial charge in [0.2, 0.25) is 5.91 Å². The van der Waals surface area contributed by atoms with Crippen LogP contribution < -0.4 is 10.1 Å². The highest BCUT2D eigenvalue weighted by molar-refractivity contribution is 9.10. The normalized spacial score (nSPS) is 11.3. The fraction of sp³-hybridized carbons (Fsp3) is 0.316. The summed E-state index contributed by atoms with van der Waals surface area (Å²) in [6, 6.07) is 9.21. The monoisotopic (exact) mass is 429 g/mol. The maximum atomic E-state index is 13.3. The van der Waals surface area contributed by atoms with Gasteiger partial charge in [0.25, 0.3) is 0 Å². The third-order valence-electron chi connectivity index (χ3n) is 3.84. The minimum absolute atomic E-state index is 0.116. The highest BCUT2D eigenvalue weighted by Gasteiger charge is 2.34. The van der Waals surface area contributed by atoms with Crippen LogP contribution in [0.4, 0.5) is 18.9 Å². The SMILES string of the molecule is CCC(=O)Nc1cccc(Br)c1COc1ccc(CC)cc1C(F)(F)F. The van der Waals surface area contributed by atoms with Crippen LogP contribution in [0.5, 0.6) is 5.75 Å². The lowest BCUT2D eigenvalue weighted by Crippen LogP contribution is -2.13. The van der Waals surface area contributed by atoms with Crippen molar-refractivity contribution in [3.63, 3.8) is 0 Å². The number of carbonyl (C=O) groups is 1. The first-order valence-corrected chi connectivity index (χ1v) is 8.95. The molecule has 0 aromatic heterocycles. The first-order chi connectivity index (χ1) is 12.3. The van der Waals surface area contributed by atoms with Crippen molar-refractivity contribution in [3.8, 4) is 5.75 Å². The Morgan fingerprint density at radius 2 is 1.92 bits per heavy atom. The third kappa shape index (κ3) is 5.00. The molecule has 140 valence electrons. The average molecular weight is 430 g/mol. The summed E-state index contributed by atoms with van der Waals surface area (Å²) in [7, 11) is 0. The van der Waals surface area contributed by atoms with Gasteiger partial charge in [-0.15, -0.1) is 0 Å². The van der Waals surface area contributed by atoms with E-state index in [2.05, 4.69) is 21.2 Å². The first kappa shape index (κ1) is 20.3. The zero-order valence-electron chi connectivity index (χ0n) is 14.4. The number of hydrogen-bond acceptors (Lipinski definition) is 2. The quantitative estimate of drug-likeness (QED) is 0.615. The molecule has 0 aliphatic heterocycles. The second kappa shape index (κ2) is 8.58. The third-order valence-corrected chi connectivity index (χ3v) is 4.59. The van der Waals surface area contributed by atoms with Gasteiger partial charge in [-0.25, -0.2) is 0 Å². The van der Waals surface area contributed by atoms with Crippen LogP contribution in [0.3, 0.4) is 0 Å². The van der Waals surface area contributed by atoms with Crippen LogP contribution in [0.15, 0.2) is 40.9 Å². The number of nitrogens with one attached hydrogen (secondary N) is 1. The highest BCUT2D eigenvalue weighted by atomic mass is 79.9. The van der Waals surface area contributed by atoms with Crippen molar-refractivity contribution in [1.82, 2.24) is 0 Å². The smallest absolute Gasteiger partial charge is 0.419 e. The summed E-state index contributed by atoms with van der Waals surface area (Å²) in [4.78, 5) is 11.7. The lowest BCUT2D eigenvalue weighted by Gasteiger charge is -2.17. The van der Waals surface area contributed by atoms with E-state index in [0.29, 0.717) is 34.1 Å². The van der Waals surface area contributed by atoms with Crippen molar-refractivity contribution in [2.75, 3.05) is 5.32 Å². The molecule has 0 spiro atoms. The van der Waals surface area contributed by atoms with Gasteiger partial charge < -0.3 is 10.1 Å². The number of aryl methyl sites for hydroxylation is 1. The summed E-state index contributed by atoms with van der Waals surface area (Å²) in [5, 5.41) is 2.73. The number of rotatable bonds is 6. The highest BCUT2D eigenvalue weighted by Crippen LogP contribution is 2.38. The van der Waals surface area contributed by atoms with E-state index in [9.17, 15) is 18.0 Å². The van der Waals surface area contributed by atoms with Crippen molar-refractivity contribution in [2.45, 2.75) is 39.5 Å². The molecule has 0 saturated carbocycles. The Kier molecular flexibility index (Phi) is 6.69. The second-order valence-electron chi connectivity index (χ2n) is 5.64.